The normalized spacial score (nSPS) is 10.8. The third kappa shape index (κ3) is 3.38. The van der Waals surface area contributed by atoms with E-state index in [2.05, 4.69) is 9.98 Å². The van der Waals surface area contributed by atoms with Crippen molar-refractivity contribution in [3.05, 3.63) is 40.2 Å². The number of amides is 1. The molecule has 0 fully saturated rings. The van der Waals surface area contributed by atoms with Crippen molar-refractivity contribution in [2.24, 2.45) is 10.7 Å². The molecule has 0 aliphatic rings. The molecule has 0 radical (unpaired) electrons. The van der Waals surface area contributed by atoms with Gasteiger partial charge in [0, 0.05) is 12.4 Å². The highest BCUT2D eigenvalue weighted by molar-refractivity contribution is 6.01. The van der Waals surface area contributed by atoms with Crippen LogP contribution in [-0.4, -0.2) is 21.9 Å². The Hall–Kier alpha value is -2.51. The second-order valence-electron chi connectivity index (χ2n) is 2.41. The van der Waals surface area contributed by atoms with Gasteiger partial charge in [-0.15, -0.1) is 0 Å². The Bertz CT molecular complexity index is 402. The van der Waals surface area contributed by atoms with Gasteiger partial charge in [-0.1, -0.05) is 5.43 Å². The number of nitrogens with two attached hydrogens (primary N) is 1. The zero-order valence-corrected chi connectivity index (χ0v) is 7.45. The smallest absolute Gasteiger partial charge is 0.281 e. The van der Waals surface area contributed by atoms with Gasteiger partial charge >= 0.3 is 0 Å². The number of hydrogen-bond donors (Lipinski definition) is 2. The SMILES string of the molecule is NC(=NC(=O)c1cccnc1)N[N+](=O)[O-]. The molecule has 0 unspecified atom stereocenters. The topological polar surface area (TPSA) is 124 Å². The maximum Gasteiger partial charge on any atom is 0.281 e. The summed E-state index contributed by atoms with van der Waals surface area (Å²) in [5, 5.41) is 9.03. The summed E-state index contributed by atoms with van der Waals surface area (Å²) in [5.41, 5.74) is 6.82. The Labute approximate surface area is 84.0 Å². The van der Waals surface area contributed by atoms with Gasteiger partial charge in [0.25, 0.3) is 11.9 Å². The zero-order chi connectivity index (χ0) is 11.3. The van der Waals surface area contributed by atoms with Gasteiger partial charge in [0.05, 0.1) is 5.56 Å². The van der Waals surface area contributed by atoms with E-state index in [1.54, 1.807) is 11.5 Å². The lowest BCUT2D eigenvalue weighted by Gasteiger charge is -1.95. The first-order valence-electron chi connectivity index (χ1n) is 3.79. The summed E-state index contributed by atoms with van der Waals surface area (Å²) in [5.74, 6) is -1.27. The molecule has 1 amide bonds. The van der Waals surface area contributed by atoms with E-state index < -0.39 is 16.9 Å². The number of nitrogens with one attached hydrogen (secondary N) is 1. The Morgan fingerprint density at radius 1 is 1.67 bits per heavy atom. The van der Waals surface area contributed by atoms with Crippen molar-refractivity contribution in [3.63, 3.8) is 0 Å². The first-order valence-corrected chi connectivity index (χ1v) is 3.79. The fourth-order valence-electron chi connectivity index (χ4n) is 0.782. The summed E-state index contributed by atoms with van der Waals surface area (Å²) >= 11 is 0. The summed E-state index contributed by atoms with van der Waals surface area (Å²) in [6.07, 6.45) is 2.77. The second-order valence-corrected chi connectivity index (χ2v) is 2.41. The van der Waals surface area contributed by atoms with Crippen molar-refractivity contribution in [1.82, 2.24) is 10.4 Å². The third-order valence-electron chi connectivity index (χ3n) is 1.34. The third-order valence-corrected chi connectivity index (χ3v) is 1.34. The van der Waals surface area contributed by atoms with E-state index in [0.717, 1.165) is 0 Å². The summed E-state index contributed by atoms with van der Waals surface area (Å²) in [6, 6.07) is 3.01. The number of carbonyl (C=O) groups is 1. The van der Waals surface area contributed by atoms with Crippen molar-refractivity contribution in [1.29, 1.82) is 0 Å². The maximum absolute atomic E-state index is 11.3. The Morgan fingerprint density at radius 2 is 2.40 bits per heavy atom. The van der Waals surface area contributed by atoms with Crippen LogP contribution in [0.1, 0.15) is 10.4 Å². The molecule has 0 atom stereocenters. The molecular formula is C7H7N5O3. The number of aliphatic imine (C=N–C) groups is 1. The lowest BCUT2D eigenvalue weighted by molar-refractivity contribution is -0.525. The minimum atomic E-state index is -0.907. The van der Waals surface area contributed by atoms with Gasteiger partial charge in [0.15, 0.2) is 5.03 Å². The summed E-state index contributed by atoms with van der Waals surface area (Å²) in [4.78, 5) is 28.1. The standard InChI is InChI=1S/C7H7N5O3/c8-7(11-12(14)15)10-6(13)5-2-1-3-9-4-5/h1-4H,(H3,8,10,11,13). The Kier molecular flexibility index (Phi) is 3.28. The first kappa shape index (κ1) is 10.6. The van der Waals surface area contributed by atoms with Crippen molar-refractivity contribution in [2.45, 2.75) is 0 Å². The largest absolute Gasteiger partial charge is 0.365 e. The van der Waals surface area contributed by atoms with E-state index in [1.807, 2.05) is 0 Å². The van der Waals surface area contributed by atoms with Crippen LogP contribution in [0.25, 0.3) is 0 Å². The molecule has 78 valence electrons. The van der Waals surface area contributed by atoms with Crippen LogP contribution in [0.5, 0.6) is 0 Å². The average molecular weight is 209 g/mol. The van der Waals surface area contributed by atoms with E-state index in [4.69, 9.17) is 5.73 Å². The fraction of sp³-hybridized carbons (Fsp3) is 0. The van der Waals surface area contributed by atoms with Crippen LogP contribution in [0.3, 0.4) is 0 Å². The number of aromatic nitrogens is 1. The van der Waals surface area contributed by atoms with Gasteiger partial charge in [-0.2, -0.15) is 4.99 Å². The molecule has 3 N–H and O–H groups in total. The number of hydrogen-bond acceptors (Lipinski definition) is 4. The highest BCUT2D eigenvalue weighted by Crippen LogP contribution is 1.97. The number of pyridine rings is 1. The van der Waals surface area contributed by atoms with Gasteiger partial charge < -0.3 is 5.73 Å². The number of rotatable bonds is 2. The molecule has 1 heterocycles. The van der Waals surface area contributed by atoms with Crippen LogP contribution in [-0.2, 0) is 0 Å². The van der Waals surface area contributed by atoms with Gasteiger partial charge in [-0.3, -0.25) is 9.78 Å². The molecule has 0 bridgehead atoms. The van der Waals surface area contributed by atoms with Crippen LogP contribution < -0.4 is 11.2 Å². The molecule has 1 rings (SSSR count). The minimum absolute atomic E-state index is 0.200. The molecule has 0 spiro atoms. The predicted molar refractivity (Wildman–Crippen MR) is 50.3 cm³/mol. The second kappa shape index (κ2) is 4.65. The number of guanidine groups is 1. The molecule has 0 aromatic carbocycles. The molecule has 0 aliphatic heterocycles. The van der Waals surface area contributed by atoms with Crippen LogP contribution in [0.15, 0.2) is 29.5 Å². The van der Waals surface area contributed by atoms with Crippen molar-refractivity contribution < 1.29 is 9.83 Å². The lowest BCUT2D eigenvalue weighted by Crippen LogP contribution is -2.36. The van der Waals surface area contributed by atoms with E-state index in [-0.39, 0.29) is 5.56 Å². The lowest BCUT2D eigenvalue weighted by atomic mass is 10.3. The molecule has 15 heavy (non-hydrogen) atoms. The van der Waals surface area contributed by atoms with E-state index in [1.165, 1.54) is 18.5 Å². The molecule has 1 aromatic rings. The van der Waals surface area contributed by atoms with Gasteiger partial charge in [-0.25, -0.2) is 10.1 Å². The minimum Gasteiger partial charge on any atom is -0.365 e. The van der Waals surface area contributed by atoms with E-state index in [0.29, 0.717) is 0 Å². The molecule has 1 aromatic heterocycles. The molecular weight excluding hydrogens is 202 g/mol. The van der Waals surface area contributed by atoms with Crippen LogP contribution in [0.4, 0.5) is 0 Å². The number of nitro groups is 1. The quantitative estimate of drug-likeness (QED) is 0.288. The molecule has 0 aliphatic carbocycles. The Morgan fingerprint density at radius 3 is 2.93 bits per heavy atom. The van der Waals surface area contributed by atoms with Crippen LogP contribution in [0, 0.1) is 10.1 Å². The number of hydrazine groups is 1. The summed E-state index contributed by atoms with van der Waals surface area (Å²) in [7, 11) is 0. The van der Waals surface area contributed by atoms with Crippen molar-refractivity contribution in [2.75, 3.05) is 0 Å². The molecule has 0 saturated carbocycles. The van der Waals surface area contributed by atoms with E-state index >= 15 is 0 Å². The van der Waals surface area contributed by atoms with Crippen molar-refractivity contribution >= 4 is 11.9 Å². The molecule has 8 heteroatoms. The fourth-order valence-corrected chi connectivity index (χ4v) is 0.782. The Balaban J connectivity index is 2.75. The summed E-state index contributed by atoms with van der Waals surface area (Å²) < 4.78 is 0. The monoisotopic (exact) mass is 209 g/mol. The molecule has 0 saturated heterocycles. The number of carbonyl (C=O) groups excluding carboxylic acids is 1. The van der Waals surface area contributed by atoms with Crippen LogP contribution >= 0.6 is 0 Å². The van der Waals surface area contributed by atoms with Gasteiger partial charge in [0.2, 0.25) is 0 Å². The average Bonchev–Trinajstić information content (AvgIpc) is 2.17. The highest BCUT2D eigenvalue weighted by atomic mass is 16.7. The van der Waals surface area contributed by atoms with Gasteiger partial charge in [0.1, 0.15) is 0 Å². The maximum atomic E-state index is 11.3. The number of nitrogens with zero attached hydrogens (tertiary/aromatic N) is 3. The van der Waals surface area contributed by atoms with Gasteiger partial charge in [-0.05, 0) is 12.1 Å². The summed E-state index contributed by atoms with van der Waals surface area (Å²) in [6.45, 7) is 0. The van der Waals surface area contributed by atoms with Crippen molar-refractivity contribution in [3.8, 4) is 0 Å². The highest BCUT2D eigenvalue weighted by Gasteiger charge is 2.06. The first-order chi connectivity index (χ1) is 7.09. The molecule has 8 nitrogen and oxygen atoms in total. The zero-order valence-electron chi connectivity index (χ0n) is 7.45. The van der Waals surface area contributed by atoms with Crippen LogP contribution in [0.2, 0.25) is 0 Å². The predicted octanol–water partition coefficient (Wildman–Crippen LogP) is -0.682. The van der Waals surface area contributed by atoms with E-state index in [9.17, 15) is 14.9 Å².